The van der Waals surface area contributed by atoms with Crippen LogP contribution in [0.2, 0.25) is 0 Å². The summed E-state index contributed by atoms with van der Waals surface area (Å²) in [5.41, 5.74) is 0.567. The van der Waals surface area contributed by atoms with Crippen molar-refractivity contribution >= 4 is 12.0 Å². The summed E-state index contributed by atoms with van der Waals surface area (Å²) in [6, 6.07) is 0.0778. The van der Waals surface area contributed by atoms with Gasteiger partial charge >= 0.3 is 6.09 Å². The zero-order valence-electron chi connectivity index (χ0n) is 15.2. The van der Waals surface area contributed by atoms with E-state index in [-0.39, 0.29) is 12.1 Å². The number of carbonyl (C=O) groups is 1. The van der Waals surface area contributed by atoms with E-state index in [0.717, 1.165) is 37.6 Å². The van der Waals surface area contributed by atoms with E-state index in [1.54, 1.807) is 0 Å². The first-order chi connectivity index (χ1) is 10.7. The smallest absolute Gasteiger partial charge is 0.407 e. The minimum Gasteiger partial charge on any atom is -0.444 e. The average molecular weight is 322 g/mol. The SMILES string of the molecule is Cc1cn(C)c(N2CCCC(C(C)NC(=O)OC(C)(C)C)C2)n1. The number of amides is 1. The van der Waals surface area contributed by atoms with Gasteiger partial charge in [-0.3, -0.25) is 0 Å². The second-order valence-electron chi connectivity index (χ2n) is 7.58. The minimum atomic E-state index is -0.465. The molecule has 1 N–H and O–H groups in total. The first-order valence-corrected chi connectivity index (χ1v) is 8.40. The monoisotopic (exact) mass is 322 g/mol. The number of aromatic nitrogens is 2. The zero-order chi connectivity index (χ0) is 17.2. The van der Waals surface area contributed by atoms with Gasteiger partial charge in [-0.15, -0.1) is 0 Å². The van der Waals surface area contributed by atoms with Crippen LogP contribution in [0.4, 0.5) is 10.7 Å². The summed E-state index contributed by atoms with van der Waals surface area (Å²) >= 11 is 0. The second kappa shape index (κ2) is 6.81. The fourth-order valence-electron chi connectivity index (χ4n) is 3.11. The first-order valence-electron chi connectivity index (χ1n) is 8.40. The highest BCUT2D eigenvalue weighted by molar-refractivity contribution is 5.68. The van der Waals surface area contributed by atoms with Crippen LogP contribution in [0.3, 0.4) is 0 Å². The molecule has 6 heteroatoms. The molecule has 1 aromatic heterocycles. The van der Waals surface area contributed by atoms with Crippen LogP contribution in [-0.4, -0.2) is 40.4 Å². The summed E-state index contributed by atoms with van der Waals surface area (Å²) < 4.78 is 7.43. The molecular formula is C17H30N4O2. The number of alkyl carbamates (subject to hydrolysis) is 1. The highest BCUT2D eigenvalue weighted by Gasteiger charge is 2.28. The molecule has 0 aliphatic carbocycles. The van der Waals surface area contributed by atoms with Crippen LogP contribution >= 0.6 is 0 Å². The number of hydrogen-bond acceptors (Lipinski definition) is 4. The number of piperidine rings is 1. The molecule has 6 nitrogen and oxygen atoms in total. The molecule has 130 valence electrons. The van der Waals surface area contributed by atoms with Gasteiger partial charge in [0, 0.05) is 32.4 Å². The molecule has 1 saturated heterocycles. The molecule has 1 aliphatic rings. The van der Waals surface area contributed by atoms with Crippen LogP contribution in [0.15, 0.2) is 6.20 Å². The highest BCUT2D eigenvalue weighted by atomic mass is 16.6. The van der Waals surface area contributed by atoms with Gasteiger partial charge in [-0.1, -0.05) is 0 Å². The molecule has 2 heterocycles. The molecule has 0 bridgehead atoms. The van der Waals surface area contributed by atoms with Crippen molar-refractivity contribution in [1.82, 2.24) is 14.9 Å². The van der Waals surface area contributed by atoms with Gasteiger partial charge in [-0.05, 0) is 53.4 Å². The number of carbonyl (C=O) groups excluding carboxylic acids is 1. The summed E-state index contributed by atoms with van der Waals surface area (Å²) in [7, 11) is 2.03. The van der Waals surface area contributed by atoms with Crippen molar-refractivity contribution in [3.8, 4) is 0 Å². The number of nitrogens with zero attached hydrogens (tertiary/aromatic N) is 3. The number of imidazole rings is 1. The molecule has 0 radical (unpaired) electrons. The molecule has 2 atom stereocenters. The van der Waals surface area contributed by atoms with E-state index in [0.29, 0.717) is 5.92 Å². The van der Waals surface area contributed by atoms with Crippen LogP contribution in [-0.2, 0) is 11.8 Å². The third-order valence-corrected chi connectivity index (χ3v) is 4.16. The van der Waals surface area contributed by atoms with Crippen LogP contribution in [0.5, 0.6) is 0 Å². The van der Waals surface area contributed by atoms with Crippen molar-refractivity contribution < 1.29 is 9.53 Å². The largest absolute Gasteiger partial charge is 0.444 e. The number of hydrogen-bond donors (Lipinski definition) is 1. The lowest BCUT2D eigenvalue weighted by atomic mass is 9.92. The van der Waals surface area contributed by atoms with E-state index in [1.807, 2.05) is 40.9 Å². The van der Waals surface area contributed by atoms with Gasteiger partial charge in [0.15, 0.2) is 0 Å². The maximum atomic E-state index is 12.0. The molecular weight excluding hydrogens is 292 g/mol. The fraction of sp³-hybridized carbons (Fsp3) is 0.765. The van der Waals surface area contributed by atoms with E-state index in [2.05, 4.69) is 26.7 Å². The maximum Gasteiger partial charge on any atom is 0.407 e. The molecule has 0 aromatic carbocycles. The van der Waals surface area contributed by atoms with E-state index in [1.165, 1.54) is 0 Å². The zero-order valence-corrected chi connectivity index (χ0v) is 15.2. The Bertz CT molecular complexity index is 547. The van der Waals surface area contributed by atoms with Gasteiger partial charge in [-0.2, -0.15) is 0 Å². The number of aryl methyl sites for hydroxylation is 2. The molecule has 23 heavy (non-hydrogen) atoms. The molecule has 0 spiro atoms. The average Bonchev–Trinajstić information content (AvgIpc) is 2.75. The van der Waals surface area contributed by atoms with Gasteiger partial charge in [0.25, 0.3) is 0 Å². The van der Waals surface area contributed by atoms with E-state index >= 15 is 0 Å². The van der Waals surface area contributed by atoms with E-state index in [9.17, 15) is 4.79 Å². The lowest BCUT2D eigenvalue weighted by molar-refractivity contribution is 0.0489. The van der Waals surface area contributed by atoms with Crippen molar-refractivity contribution in [3.63, 3.8) is 0 Å². The standard InChI is InChI=1S/C17H30N4O2/c1-12-10-20(6)15(18-12)21-9-7-8-14(11-21)13(2)19-16(22)23-17(3,4)5/h10,13-14H,7-9,11H2,1-6H3,(H,19,22). The Hall–Kier alpha value is -1.72. The summed E-state index contributed by atoms with van der Waals surface area (Å²) in [6.45, 7) is 11.6. The van der Waals surface area contributed by atoms with E-state index < -0.39 is 5.60 Å². The number of ether oxygens (including phenoxy) is 1. The molecule has 1 fully saturated rings. The van der Waals surface area contributed by atoms with Crippen molar-refractivity contribution in [2.75, 3.05) is 18.0 Å². The molecule has 2 unspecified atom stereocenters. The van der Waals surface area contributed by atoms with Crippen molar-refractivity contribution in [2.24, 2.45) is 13.0 Å². The minimum absolute atomic E-state index is 0.0778. The predicted molar refractivity (Wildman–Crippen MR) is 91.7 cm³/mol. The Balaban J connectivity index is 1.95. The third kappa shape index (κ3) is 4.88. The Morgan fingerprint density at radius 3 is 2.74 bits per heavy atom. The normalized spacial score (nSPS) is 20.3. The van der Waals surface area contributed by atoms with Crippen molar-refractivity contribution in [3.05, 3.63) is 11.9 Å². The highest BCUT2D eigenvalue weighted by Crippen LogP contribution is 2.24. The number of rotatable bonds is 3. The third-order valence-electron chi connectivity index (χ3n) is 4.16. The Morgan fingerprint density at radius 2 is 2.17 bits per heavy atom. The molecule has 1 aromatic rings. The Morgan fingerprint density at radius 1 is 1.48 bits per heavy atom. The summed E-state index contributed by atoms with van der Waals surface area (Å²) in [4.78, 5) is 18.9. The number of nitrogens with one attached hydrogen (secondary N) is 1. The van der Waals surface area contributed by atoms with Gasteiger partial charge in [-0.25, -0.2) is 9.78 Å². The first kappa shape index (κ1) is 17.6. The van der Waals surface area contributed by atoms with Gasteiger partial charge in [0.05, 0.1) is 5.69 Å². The van der Waals surface area contributed by atoms with Crippen LogP contribution in [0.25, 0.3) is 0 Å². The molecule has 2 rings (SSSR count). The van der Waals surface area contributed by atoms with Crippen LogP contribution < -0.4 is 10.2 Å². The summed E-state index contributed by atoms with van der Waals surface area (Å²) in [6.07, 6.45) is 3.92. The van der Waals surface area contributed by atoms with Crippen molar-refractivity contribution in [1.29, 1.82) is 0 Å². The summed E-state index contributed by atoms with van der Waals surface area (Å²) in [5, 5.41) is 2.98. The molecule has 1 aliphatic heterocycles. The lowest BCUT2D eigenvalue weighted by Gasteiger charge is -2.36. The van der Waals surface area contributed by atoms with Gasteiger partial charge < -0.3 is 19.5 Å². The predicted octanol–water partition coefficient (Wildman–Crippen LogP) is 2.86. The van der Waals surface area contributed by atoms with Crippen LogP contribution in [0, 0.1) is 12.8 Å². The maximum absolute atomic E-state index is 12.0. The number of anilines is 1. The Kier molecular flexibility index (Phi) is 5.22. The second-order valence-corrected chi connectivity index (χ2v) is 7.58. The molecule has 1 amide bonds. The van der Waals surface area contributed by atoms with Crippen molar-refractivity contribution in [2.45, 2.75) is 59.1 Å². The topological polar surface area (TPSA) is 59.4 Å². The quantitative estimate of drug-likeness (QED) is 0.929. The lowest BCUT2D eigenvalue weighted by Crippen LogP contribution is -2.47. The molecule has 0 saturated carbocycles. The fourth-order valence-corrected chi connectivity index (χ4v) is 3.11. The van der Waals surface area contributed by atoms with Gasteiger partial charge in [0.1, 0.15) is 5.60 Å². The van der Waals surface area contributed by atoms with Crippen LogP contribution in [0.1, 0.15) is 46.2 Å². The van der Waals surface area contributed by atoms with Gasteiger partial charge in [0.2, 0.25) is 5.95 Å². The summed E-state index contributed by atoms with van der Waals surface area (Å²) in [5.74, 6) is 1.41. The van der Waals surface area contributed by atoms with E-state index in [4.69, 9.17) is 4.74 Å². The Labute approximate surface area is 139 Å².